The second-order valence-corrected chi connectivity index (χ2v) is 28.0. The quantitative estimate of drug-likeness (QED) is 0.0195. The van der Waals surface area contributed by atoms with Crippen LogP contribution < -0.4 is 5.11 Å². The zero-order valence-corrected chi connectivity index (χ0v) is 62.3. The molecule has 0 aromatic carbocycles. The van der Waals surface area contributed by atoms with Gasteiger partial charge in [0.25, 0.3) is 0 Å². The number of ether oxygens (including phenoxy) is 4. The molecule has 0 aliphatic rings. The molecule has 0 N–H and O–H groups in total. The van der Waals surface area contributed by atoms with Crippen molar-refractivity contribution in [3.05, 3.63) is 97.2 Å². The second-order valence-electron chi connectivity index (χ2n) is 28.0. The molecule has 9 heteroatoms. The van der Waals surface area contributed by atoms with E-state index in [0.29, 0.717) is 23.9 Å². The third-order valence-electron chi connectivity index (χ3n) is 17.6. The molecule has 9 nitrogen and oxygen atoms in total. The highest BCUT2D eigenvalue weighted by Gasteiger charge is 2.22. The number of nitrogens with zero attached hydrogens (tertiary/aromatic N) is 1. The number of carbonyl (C=O) groups is 3. The molecule has 2 atom stereocenters. The first-order valence-corrected chi connectivity index (χ1v) is 39.9. The van der Waals surface area contributed by atoms with Crippen LogP contribution in [-0.4, -0.2) is 82.3 Å². The van der Waals surface area contributed by atoms with Crippen molar-refractivity contribution >= 4 is 17.9 Å². The summed E-state index contributed by atoms with van der Waals surface area (Å²) in [6, 6.07) is 0. The minimum atomic E-state index is -1.62. The topological polar surface area (TPSA) is 111 Å². The number of quaternary nitrogens is 1. The minimum absolute atomic E-state index is 0.147. The molecule has 0 aromatic heterocycles. The maximum Gasteiger partial charge on any atom is 0.306 e. The van der Waals surface area contributed by atoms with Gasteiger partial charge in [-0.2, -0.15) is 0 Å². The van der Waals surface area contributed by atoms with Crippen molar-refractivity contribution in [2.24, 2.45) is 0 Å². The highest BCUT2D eigenvalue weighted by Crippen LogP contribution is 2.19. The zero-order chi connectivity index (χ0) is 68.2. The predicted molar refractivity (Wildman–Crippen MR) is 403 cm³/mol. The van der Waals surface area contributed by atoms with Gasteiger partial charge >= 0.3 is 11.9 Å². The van der Waals surface area contributed by atoms with Crippen LogP contribution in [0.4, 0.5) is 0 Å². The lowest BCUT2D eigenvalue weighted by molar-refractivity contribution is -0.870. The molecule has 0 spiro atoms. The van der Waals surface area contributed by atoms with E-state index in [1.54, 1.807) is 0 Å². The molecule has 0 amide bonds. The molecule has 0 aliphatic heterocycles. The van der Waals surface area contributed by atoms with Crippen molar-refractivity contribution in [3.63, 3.8) is 0 Å². The van der Waals surface area contributed by atoms with Crippen LogP contribution in [0.25, 0.3) is 0 Å². The van der Waals surface area contributed by atoms with Crippen molar-refractivity contribution in [2.45, 2.75) is 379 Å². The number of hydrogen-bond donors (Lipinski definition) is 0. The minimum Gasteiger partial charge on any atom is -0.545 e. The number of carboxylic acid groups (broad SMARTS) is 1. The molecule has 0 fully saturated rings. The Bertz CT molecular complexity index is 1870. The van der Waals surface area contributed by atoms with Gasteiger partial charge in [0, 0.05) is 12.8 Å². The zero-order valence-electron chi connectivity index (χ0n) is 62.3. The van der Waals surface area contributed by atoms with Gasteiger partial charge in [-0.05, 0) is 77.0 Å². The summed E-state index contributed by atoms with van der Waals surface area (Å²) in [6.45, 7) is 4.69. The van der Waals surface area contributed by atoms with Crippen LogP contribution in [0.1, 0.15) is 367 Å². The van der Waals surface area contributed by atoms with Gasteiger partial charge in [0.15, 0.2) is 12.4 Å². The van der Waals surface area contributed by atoms with Crippen LogP contribution in [0.3, 0.4) is 0 Å². The molecule has 0 rings (SSSR count). The van der Waals surface area contributed by atoms with Crippen molar-refractivity contribution in [2.75, 3.05) is 47.5 Å². The van der Waals surface area contributed by atoms with E-state index < -0.39 is 24.3 Å². The number of unbranched alkanes of at least 4 members (excludes halogenated alkanes) is 43. The molecule has 544 valence electrons. The summed E-state index contributed by atoms with van der Waals surface area (Å²) < 4.78 is 22.9. The fourth-order valence-electron chi connectivity index (χ4n) is 11.6. The van der Waals surface area contributed by atoms with E-state index in [9.17, 15) is 19.5 Å². The fraction of sp³-hybridized carbons (Fsp3) is 0.776. The largest absolute Gasteiger partial charge is 0.545 e. The van der Waals surface area contributed by atoms with E-state index in [1.807, 2.05) is 21.1 Å². The van der Waals surface area contributed by atoms with Crippen LogP contribution in [0, 0.1) is 0 Å². The standard InChI is InChI=1S/C85H151NO8/c1-6-8-10-12-14-16-18-20-22-24-26-28-30-32-34-36-38-39-40-41-42-43-44-45-46-48-50-52-54-56-58-60-62-64-66-68-70-72-74-76-83(88)94-81(80-93-85(84(89)90)91-78-77-86(3,4)5)79-92-82(87)75-73-71-69-67-65-63-61-59-57-55-53-51-49-47-37-35-33-31-29-27-25-23-21-19-17-15-13-11-9-7-2/h8,10,14,16,20,22,26,28,32,34,38-39,41-42,44-45,81,85H,6-7,9,11-13,15,17-19,21,23-25,27,29-31,33,35-37,40,43,46-80H2,1-5H3/b10-8-,16-14-,22-20-,28-26-,34-32-,39-38-,42-41-,45-44-. The van der Waals surface area contributed by atoms with E-state index in [-0.39, 0.29) is 32.2 Å². The van der Waals surface area contributed by atoms with E-state index in [1.165, 1.54) is 244 Å². The molecule has 0 aliphatic carbocycles. The fourth-order valence-corrected chi connectivity index (χ4v) is 11.6. The molecule has 2 unspecified atom stereocenters. The molecule has 0 saturated heterocycles. The van der Waals surface area contributed by atoms with Crippen LogP contribution in [0.15, 0.2) is 97.2 Å². The van der Waals surface area contributed by atoms with Gasteiger partial charge in [-0.25, -0.2) is 0 Å². The van der Waals surface area contributed by atoms with E-state index in [2.05, 4.69) is 111 Å². The van der Waals surface area contributed by atoms with E-state index >= 15 is 0 Å². The van der Waals surface area contributed by atoms with Crippen molar-refractivity contribution in [1.82, 2.24) is 0 Å². The Morgan fingerprint density at radius 3 is 0.904 bits per heavy atom. The number of aliphatic carboxylic acids is 1. The second kappa shape index (κ2) is 75.0. The number of likely N-dealkylation sites (N-methyl/N-ethyl adjacent to an activating group) is 1. The average molecular weight is 1320 g/mol. The Balaban J connectivity index is 4.03. The Hall–Kier alpha value is -3.79. The van der Waals surface area contributed by atoms with Crippen LogP contribution in [0.2, 0.25) is 0 Å². The molecular weight excluding hydrogens is 1160 g/mol. The lowest BCUT2D eigenvalue weighted by atomic mass is 10.0. The molecular formula is C85H151NO8. The van der Waals surface area contributed by atoms with E-state index in [4.69, 9.17) is 18.9 Å². The van der Waals surface area contributed by atoms with Gasteiger partial charge in [-0.15, -0.1) is 0 Å². The Kier molecular flexibility index (Phi) is 72.0. The third-order valence-corrected chi connectivity index (χ3v) is 17.6. The predicted octanol–water partition coefficient (Wildman–Crippen LogP) is 24.2. The lowest BCUT2D eigenvalue weighted by Gasteiger charge is -2.26. The lowest BCUT2D eigenvalue weighted by Crippen LogP contribution is -2.44. The number of rotatable bonds is 74. The highest BCUT2D eigenvalue weighted by atomic mass is 16.7. The third kappa shape index (κ3) is 75.6. The summed E-state index contributed by atoms with van der Waals surface area (Å²) in [4.78, 5) is 37.6. The highest BCUT2D eigenvalue weighted by molar-refractivity contribution is 5.70. The monoisotopic (exact) mass is 1310 g/mol. The normalized spacial score (nSPS) is 13.2. The molecule has 0 aromatic rings. The SMILES string of the molecule is CC/C=C\C/C=C\C/C=C\C/C=C\C/C=C\C/C=C\C/C=C\C/C=C\CCCCCCCCCCCCCCCCC(=O)OC(COC(=O)CCCCCCCCCCCCCCCCCCCCCCCCCCCCCCCC)COC(OCC[N+](C)(C)C)C(=O)[O-]. The van der Waals surface area contributed by atoms with Crippen LogP contribution >= 0.6 is 0 Å². The summed E-state index contributed by atoms with van der Waals surface area (Å²) in [6.07, 6.45) is 101. The Morgan fingerprint density at radius 2 is 0.606 bits per heavy atom. The number of carbonyl (C=O) groups excluding carboxylic acids is 3. The molecule has 0 radical (unpaired) electrons. The molecule has 0 saturated carbocycles. The summed E-state index contributed by atoms with van der Waals surface area (Å²) in [7, 11) is 5.94. The molecule has 0 bridgehead atoms. The van der Waals surface area contributed by atoms with Crippen molar-refractivity contribution in [1.29, 1.82) is 0 Å². The summed E-state index contributed by atoms with van der Waals surface area (Å²) in [5.74, 6) is -2.26. The number of allylic oxidation sites excluding steroid dienone is 16. The van der Waals surface area contributed by atoms with Gasteiger partial charge in [0.05, 0.1) is 40.3 Å². The summed E-state index contributed by atoms with van der Waals surface area (Å²) in [5, 5.41) is 11.9. The van der Waals surface area contributed by atoms with Gasteiger partial charge < -0.3 is 33.3 Å². The van der Waals surface area contributed by atoms with Gasteiger partial charge in [0.1, 0.15) is 13.2 Å². The van der Waals surface area contributed by atoms with Crippen molar-refractivity contribution in [3.8, 4) is 0 Å². The molecule has 94 heavy (non-hydrogen) atoms. The maximum atomic E-state index is 13.0. The summed E-state index contributed by atoms with van der Waals surface area (Å²) >= 11 is 0. The first-order valence-electron chi connectivity index (χ1n) is 39.9. The number of esters is 2. The maximum absolute atomic E-state index is 13.0. The van der Waals surface area contributed by atoms with Crippen LogP contribution in [0.5, 0.6) is 0 Å². The first-order chi connectivity index (χ1) is 46.1. The summed E-state index contributed by atoms with van der Waals surface area (Å²) in [5.41, 5.74) is 0. The van der Waals surface area contributed by atoms with Gasteiger partial charge in [0.2, 0.25) is 0 Å². The number of carboxylic acids is 1. The van der Waals surface area contributed by atoms with Crippen LogP contribution in [-0.2, 0) is 33.3 Å². The number of hydrogen-bond acceptors (Lipinski definition) is 8. The Labute approximate surface area is 582 Å². The average Bonchev–Trinajstić information content (AvgIpc) is 3.76. The van der Waals surface area contributed by atoms with Gasteiger partial charge in [-0.3, -0.25) is 9.59 Å². The smallest absolute Gasteiger partial charge is 0.306 e. The van der Waals surface area contributed by atoms with E-state index in [0.717, 1.165) is 89.9 Å². The van der Waals surface area contributed by atoms with Crippen molar-refractivity contribution < 1.29 is 42.9 Å². The first kappa shape index (κ1) is 90.2. The van der Waals surface area contributed by atoms with Gasteiger partial charge in [-0.1, -0.05) is 374 Å². The molecule has 0 heterocycles. The Morgan fingerprint density at radius 1 is 0.330 bits per heavy atom.